The predicted octanol–water partition coefficient (Wildman–Crippen LogP) is -7.11. The van der Waals surface area contributed by atoms with E-state index in [0.717, 1.165) is 27.9 Å². The maximum atomic E-state index is 15.4. The number of fused-ring (bicyclic) bond motifs is 1. The second kappa shape index (κ2) is 45.0. The number of aromatic amines is 1. The average molecular weight is 1720 g/mol. The number of likely N-dealkylation sites (N-methyl/N-ethyl adjacent to an activating group) is 2. The fraction of sp³-hybridized carbons (Fsp3) is 0.590. The lowest BCUT2D eigenvalue weighted by atomic mass is 9.80. The number of likely N-dealkylation sites (tertiary alicyclic amines) is 1. The number of benzene rings is 2. The number of nitrogens with one attached hydrogen (secondary N) is 13. The van der Waals surface area contributed by atoms with Crippen LogP contribution in [0.5, 0.6) is 0 Å². The van der Waals surface area contributed by atoms with Crippen LogP contribution in [0.15, 0.2) is 60.8 Å². The van der Waals surface area contributed by atoms with Crippen LogP contribution in [-0.4, -0.2) is 275 Å². The summed E-state index contributed by atoms with van der Waals surface area (Å²) in [7, 11) is -3.71. The van der Waals surface area contributed by atoms with Gasteiger partial charge in [-0.25, -0.2) is 8.42 Å². The van der Waals surface area contributed by atoms with Gasteiger partial charge in [0.15, 0.2) is 0 Å². The summed E-state index contributed by atoms with van der Waals surface area (Å²) in [6, 6.07) is -6.64. The molecule has 2 aromatic carbocycles. The first-order valence-corrected chi connectivity index (χ1v) is 41.2. The first-order chi connectivity index (χ1) is 56.5. The van der Waals surface area contributed by atoms with E-state index in [4.69, 9.17) is 27.7 Å². The number of carbonyl (C=O) groups excluding carboxylic acids is 17. The number of cyclic esters (lactones) is 1. The maximum absolute atomic E-state index is 15.4. The first kappa shape index (κ1) is 99.7. The minimum atomic E-state index is -5.68. The van der Waals surface area contributed by atoms with E-state index in [1.807, 2.05) is 0 Å². The molecular weight excluding hydrogens is 1600 g/mol. The second-order valence-electron chi connectivity index (χ2n) is 32.5. The van der Waals surface area contributed by atoms with Gasteiger partial charge in [0, 0.05) is 57.0 Å². The maximum Gasteiger partial charge on any atom is 0.338 e. The number of hydrogen-bond acceptors (Lipinski definition) is 22. The fourth-order valence-corrected chi connectivity index (χ4v) is 14.3. The Labute approximate surface area is 701 Å². The van der Waals surface area contributed by atoms with Gasteiger partial charge < -0.3 is 104 Å². The Bertz CT molecular complexity index is 4400. The lowest BCUT2D eigenvalue weighted by molar-refractivity contribution is -0.459. The zero-order valence-electron chi connectivity index (χ0n) is 70.3. The summed E-state index contributed by atoms with van der Waals surface area (Å²) in [6.45, 7) is 15.6. The van der Waals surface area contributed by atoms with Crippen LogP contribution in [-0.2, 0) is 109 Å². The largest absolute Gasteiger partial charge is 0.748 e. The van der Waals surface area contributed by atoms with E-state index in [9.17, 15) is 70.8 Å². The quantitative estimate of drug-likeness (QED) is 0.00637. The number of H-pyrrole nitrogens is 1. The smallest absolute Gasteiger partial charge is 0.338 e. The lowest BCUT2D eigenvalue weighted by Gasteiger charge is -2.38. The highest BCUT2D eigenvalue weighted by Gasteiger charge is 2.47. The van der Waals surface area contributed by atoms with E-state index >= 15 is 28.8 Å². The van der Waals surface area contributed by atoms with Gasteiger partial charge in [-0.1, -0.05) is 104 Å². The van der Waals surface area contributed by atoms with Crippen LogP contribution in [0.3, 0.4) is 0 Å². The topological polar surface area (TPSA) is 653 Å². The highest BCUT2D eigenvalue weighted by Crippen LogP contribution is 2.29. The van der Waals surface area contributed by atoms with Crippen molar-refractivity contribution >= 4 is 128 Å². The summed E-state index contributed by atoms with van der Waals surface area (Å²) in [5.41, 5.74) is 21.7. The molecule has 0 aliphatic carbocycles. The van der Waals surface area contributed by atoms with Crippen LogP contribution in [0.4, 0.5) is 0 Å². The van der Waals surface area contributed by atoms with E-state index in [-0.39, 0.29) is 57.6 Å². The molecule has 3 unspecified atom stereocenters. The molecule has 2 fully saturated rings. The molecule has 0 saturated carbocycles. The van der Waals surface area contributed by atoms with Crippen LogP contribution >= 0.6 is 0 Å². The minimum Gasteiger partial charge on any atom is -0.748 e. The molecule has 0 bridgehead atoms. The molecule has 3 aromatic rings. The molecule has 2 aliphatic heterocycles. The Balaban J connectivity index is 1.57. The van der Waals surface area contributed by atoms with Crippen molar-refractivity contribution in [3.63, 3.8) is 0 Å². The Hall–Kier alpha value is -11.9. The van der Waals surface area contributed by atoms with E-state index < -0.39 is 250 Å². The van der Waals surface area contributed by atoms with Crippen LogP contribution < -0.4 is 86.4 Å². The van der Waals surface area contributed by atoms with Gasteiger partial charge in [0.05, 0.1) is 34.9 Å². The molecule has 5 rings (SSSR count). The summed E-state index contributed by atoms with van der Waals surface area (Å²) >= 11 is 0. The van der Waals surface area contributed by atoms with Gasteiger partial charge in [-0.15, -0.1) is 0 Å². The number of primary amides is 2. The lowest BCUT2D eigenvalue weighted by Crippen LogP contribution is -2.78. The Morgan fingerprint density at radius 2 is 1.31 bits per heavy atom. The molecule has 15 atom stereocenters. The Kier molecular flexibility index (Phi) is 37.0. The molecule has 1 aromatic heterocycles. The highest BCUT2D eigenvalue weighted by atomic mass is 32.2. The molecule has 16 amide bonds. The van der Waals surface area contributed by atoms with E-state index in [1.165, 1.54) is 11.8 Å². The molecule has 121 heavy (non-hydrogen) atoms. The summed E-state index contributed by atoms with van der Waals surface area (Å²) < 4.78 is 44.5. The second-order valence-corrected chi connectivity index (χ2v) is 34.0. The van der Waals surface area contributed by atoms with Crippen molar-refractivity contribution in [3.8, 4) is 0 Å². The Morgan fingerprint density at radius 1 is 0.711 bits per heavy atom. The molecule has 43 heteroatoms. The van der Waals surface area contributed by atoms with Gasteiger partial charge in [-0.3, -0.25) is 98.0 Å². The van der Waals surface area contributed by atoms with Gasteiger partial charge in [0.2, 0.25) is 95.0 Å². The molecule has 42 nitrogen and oxygen atoms in total. The van der Waals surface area contributed by atoms with Crippen molar-refractivity contribution in [2.75, 3.05) is 39.5 Å². The fourth-order valence-electron chi connectivity index (χ4n) is 13.6. The van der Waals surface area contributed by atoms with Crippen LogP contribution in [0.2, 0.25) is 0 Å². The number of hydrogen-bond donors (Lipinski definition) is 18. The van der Waals surface area contributed by atoms with Gasteiger partial charge in [0.25, 0.3) is 0 Å². The van der Waals surface area contributed by atoms with E-state index in [0.29, 0.717) is 44.7 Å². The normalized spacial score (nSPS) is 20.7. The molecule has 668 valence electrons. The number of aliphatic hydroxyl groups is 1. The minimum absolute atomic E-state index is 0.00560. The van der Waals surface area contributed by atoms with Gasteiger partial charge in [-0.2, -0.15) is 0 Å². The standard InChI is InChI=1S/C78H118N20O22S/c1-14-78(10,11)62(95-71(112)61(77(7,8)9)94-69(110)55-27-21-31-98(55)74(115)51(33-44-22-16-15-17-23-44)89-63(104)41(4)85-39-99)72(113)88-50(34-45-36-84-47-25-19-18-24-46(45)47)65(106)86-48(26-20-30-83-76(81)82)64(105)91-53(38-121(117,118)119)67(108)93-60-43(6)120-58(103)37-96(12)73(114)52(35-57(80)102)90-70(111)59(42(5)100)92-66(107)49(32-40(2)3)87-68(109)54(28-29-56(79)101)97(13)75(60)116/h15-19,22-25,36,39-43,48-55,59-62,84,100H,14,20-21,26-35,37-38H2,1-13H3,(H2,79,101)(H2,80,102)(H,85,99)(H,86,106)(H,87,109)(H,88,113)(H,89,104)(H,90,111)(H,91,105)(H,92,107)(H,93,108)(H,94,110)(H,95,112)(H4,81,82,83)(H,117,118,119)/t41-,42-,43-,48+,49-,50-,51+,52+,53-,54+,55+,59+,60?,61?,62?/m1/s1. The highest BCUT2D eigenvalue weighted by molar-refractivity contribution is 7.85. The van der Waals surface area contributed by atoms with Gasteiger partial charge in [-0.05, 0) is 99.7 Å². The third-order valence-electron chi connectivity index (χ3n) is 20.8. The van der Waals surface area contributed by atoms with Crippen molar-refractivity contribution in [2.24, 2.45) is 39.7 Å². The molecule has 2 saturated heterocycles. The van der Waals surface area contributed by atoms with Crippen LogP contribution in [0, 0.1) is 16.7 Å². The number of ether oxygens (including phenoxy) is 1. The molecule has 3 heterocycles. The van der Waals surface area contributed by atoms with Crippen molar-refractivity contribution in [1.82, 2.24) is 78.2 Å². The number of rotatable bonds is 37. The number of aromatic nitrogens is 1. The predicted molar refractivity (Wildman–Crippen MR) is 435 cm³/mol. The van der Waals surface area contributed by atoms with Gasteiger partial charge in [0.1, 0.15) is 91.2 Å². The molecule has 22 N–H and O–H groups in total. The third-order valence-corrected chi connectivity index (χ3v) is 21.5. The molecule has 0 spiro atoms. The van der Waals surface area contributed by atoms with Crippen molar-refractivity contribution in [3.05, 3.63) is 71.9 Å². The molecule has 2 aliphatic rings. The van der Waals surface area contributed by atoms with Crippen LogP contribution in [0.25, 0.3) is 10.9 Å². The van der Waals surface area contributed by atoms with Crippen LogP contribution in [0.1, 0.15) is 145 Å². The number of para-hydroxylation sites is 1. The number of aliphatic hydroxyl groups excluding tert-OH is 1. The van der Waals surface area contributed by atoms with E-state index in [2.05, 4.69) is 68.5 Å². The molecule has 0 radical (unpaired) electrons. The number of nitrogens with zero attached hydrogens (tertiary/aromatic N) is 3. The molecular formula is C78H118N20O22S. The van der Waals surface area contributed by atoms with Crippen molar-refractivity contribution < 1.29 is 109 Å². The van der Waals surface area contributed by atoms with Crippen molar-refractivity contribution in [2.45, 2.75) is 238 Å². The zero-order chi connectivity index (χ0) is 90.9. The summed E-state index contributed by atoms with van der Waals surface area (Å²) in [5, 5.41) is 38.7. The third kappa shape index (κ3) is 30.1. The number of guanidine groups is 1. The average Bonchev–Trinajstić information content (AvgIpc) is 1.79. The van der Waals surface area contributed by atoms with Crippen molar-refractivity contribution in [1.29, 1.82) is 0 Å². The zero-order valence-corrected chi connectivity index (χ0v) is 71.1. The van der Waals surface area contributed by atoms with Gasteiger partial charge >= 0.3 is 11.9 Å². The summed E-state index contributed by atoms with van der Waals surface area (Å²) in [6.07, 6.45) is -4.55. The summed E-state index contributed by atoms with van der Waals surface area (Å²) in [5.74, 6) is -20.4. The number of esters is 1. The number of amides is 16. The van der Waals surface area contributed by atoms with E-state index in [1.54, 1.807) is 116 Å². The number of carbonyl (C=O) groups is 17. The number of nitrogens with two attached hydrogens (primary N) is 4. The first-order valence-electron chi connectivity index (χ1n) is 39.6. The Morgan fingerprint density at radius 3 is 1.91 bits per heavy atom. The SMILES string of the molecule is CCC(C)(C)C(NC(=O)C(NC(=O)[C@@H]1CCCN1C(=O)[C@H](Cc1ccccc1)NC(=O)[C@@H](C)NC=O)C(C)(C)C)C(=O)N[C@H](Cc1c[nH]c2ccccc12)C(=O)N[C@@H](CCC[NH+]=C(N)N)C(=O)N[C@H](CS(=O)(=O)[O-])C(=O)NC1C(=O)N(C)[C@@H](CCC(N)=O)C(=O)N[C@H](CC(C)C)C(=O)N[C@@H]([C@@H](C)O)C(=O)N[C@@H](CC(N)=O)C(=O)N(C)CC(=O)O[C@@H]1C. The summed E-state index contributed by atoms with van der Waals surface area (Å²) in [4.78, 5) is 249. The monoisotopic (exact) mass is 1720 g/mol.